The number of nitrogens with one attached hydrogen (secondary N) is 2. The molecule has 164 valence electrons. The lowest BCUT2D eigenvalue weighted by Crippen LogP contribution is -2.53. The van der Waals surface area contributed by atoms with Crippen LogP contribution in [0.25, 0.3) is 0 Å². The molecule has 3 N–H and O–H groups in total. The van der Waals surface area contributed by atoms with Crippen LogP contribution in [0.2, 0.25) is 0 Å². The van der Waals surface area contributed by atoms with Crippen LogP contribution in [0.5, 0.6) is 17.2 Å². The zero-order valence-electron chi connectivity index (χ0n) is 18.0. The van der Waals surface area contributed by atoms with E-state index in [0.717, 1.165) is 41.0 Å². The van der Waals surface area contributed by atoms with Gasteiger partial charge in [0.05, 0.1) is 12.5 Å². The summed E-state index contributed by atoms with van der Waals surface area (Å²) in [7, 11) is 0. The number of ether oxygens (including phenoxy) is 3. The maximum Gasteiger partial charge on any atom is 0.231 e. The molecule has 2 aromatic rings. The second kappa shape index (κ2) is 7.43. The number of aryl methyl sites for hydroxylation is 1. The molecule has 7 heteroatoms. The molecule has 0 aromatic heterocycles. The van der Waals surface area contributed by atoms with Crippen LogP contribution >= 0.6 is 0 Å². The first kappa shape index (κ1) is 20.2. The molecule has 1 aliphatic carbocycles. The van der Waals surface area contributed by atoms with Gasteiger partial charge in [-0.25, -0.2) is 0 Å². The van der Waals surface area contributed by atoms with E-state index in [-0.39, 0.29) is 25.2 Å². The van der Waals surface area contributed by atoms with E-state index < -0.39 is 11.7 Å². The fraction of sp³-hybridized carbons (Fsp3) is 0.458. The van der Waals surface area contributed by atoms with Gasteiger partial charge in [-0.05, 0) is 69.0 Å². The van der Waals surface area contributed by atoms with Gasteiger partial charge in [0.2, 0.25) is 12.7 Å². The Balaban J connectivity index is 1.37. The highest BCUT2D eigenvalue weighted by Crippen LogP contribution is 2.43. The lowest BCUT2D eigenvalue weighted by Gasteiger charge is -2.43. The van der Waals surface area contributed by atoms with Crippen LogP contribution in [0.3, 0.4) is 0 Å². The van der Waals surface area contributed by atoms with Gasteiger partial charge >= 0.3 is 0 Å². The van der Waals surface area contributed by atoms with Crippen LogP contribution in [0.4, 0.5) is 5.69 Å². The molecule has 2 aliphatic heterocycles. The number of aliphatic hydroxyl groups is 1. The van der Waals surface area contributed by atoms with Crippen LogP contribution in [-0.4, -0.2) is 35.6 Å². The van der Waals surface area contributed by atoms with Gasteiger partial charge in [-0.15, -0.1) is 0 Å². The van der Waals surface area contributed by atoms with Crippen LogP contribution in [0.15, 0.2) is 30.3 Å². The van der Waals surface area contributed by atoms with Gasteiger partial charge in [0.15, 0.2) is 11.5 Å². The minimum absolute atomic E-state index is 0.119. The molecular weight excluding hydrogens is 396 g/mol. The second-order valence-corrected chi connectivity index (χ2v) is 9.19. The van der Waals surface area contributed by atoms with Crippen molar-refractivity contribution in [3.8, 4) is 17.2 Å². The summed E-state index contributed by atoms with van der Waals surface area (Å²) in [6.07, 6.45) is 1.76. The van der Waals surface area contributed by atoms with Crippen molar-refractivity contribution in [1.29, 1.82) is 0 Å². The van der Waals surface area contributed by atoms with Crippen LogP contribution in [0, 0.1) is 6.92 Å². The fourth-order valence-corrected chi connectivity index (χ4v) is 4.20. The summed E-state index contributed by atoms with van der Waals surface area (Å²) in [5.74, 6) is 1.99. The Morgan fingerprint density at radius 3 is 2.68 bits per heavy atom. The number of benzene rings is 2. The van der Waals surface area contributed by atoms with E-state index in [1.165, 1.54) is 0 Å². The largest absolute Gasteiger partial charge is 0.485 e. The lowest BCUT2D eigenvalue weighted by molar-refractivity contribution is -0.115. The quantitative estimate of drug-likeness (QED) is 0.683. The summed E-state index contributed by atoms with van der Waals surface area (Å²) in [5.41, 5.74) is 2.67. The van der Waals surface area contributed by atoms with E-state index in [1.54, 1.807) is 0 Å². The minimum atomic E-state index is -0.698. The van der Waals surface area contributed by atoms with Crippen LogP contribution in [0.1, 0.15) is 49.4 Å². The average molecular weight is 424 g/mol. The zero-order valence-corrected chi connectivity index (χ0v) is 18.0. The number of anilines is 1. The third-order valence-corrected chi connectivity index (χ3v) is 6.16. The molecule has 2 heterocycles. The fourth-order valence-electron chi connectivity index (χ4n) is 4.20. The number of rotatable bonds is 5. The van der Waals surface area contributed by atoms with Gasteiger partial charge in [-0.3, -0.25) is 4.79 Å². The molecule has 2 atom stereocenters. The number of carbonyl (C=O) groups excluding carboxylic acids is 1. The Bertz CT molecular complexity index is 1030. The Labute approximate surface area is 181 Å². The minimum Gasteiger partial charge on any atom is -0.485 e. The van der Waals surface area contributed by atoms with E-state index in [4.69, 9.17) is 14.2 Å². The number of amides is 1. The molecule has 0 radical (unpaired) electrons. The maximum absolute atomic E-state index is 12.8. The molecule has 7 nitrogen and oxygen atoms in total. The predicted molar refractivity (Wildman–Crippen MR) is 116 cm³/mol. The molecule has 0 unspecified atom stereocenters. The van der Waals surface area contributed by atoms with E-state index in [1.807, 2.05) is 51.1 Å². The van der Waals surface area contributed by atoms with Crippen molar-refractivity contribution in [2.24, 2.45) is 0 Å². The molecule has 0 saturated heterocycles. The summed E-state index contributed by atoms with van der Waals surface area (Å²) in [6, 6.07) is 9.59. The van der Waals surface area contributed by atoms with Gasteiger partial charge in [-0.2, -0.15) is 0 Å². The van der Waals surface area contributed by atoms with Gasteiger partial charge in [0.1, 0.15) is 17.5 Å². The van der Waals surface area contributed by atoms with Gasteiger partial charge in [0.25, 0.3) is 0 Å². The van der Waals surface area contributed by atoms with Gasteiger partial charge in [-0.1, -0.05) is 6.07 Å². The Kier molecular flexibility index (Phi) is 4.83. The van der Waals surface area contributed by atoms with Crippen LogP contribution < -0.4 is 24.8 Å². The van der Waals surface area contributed by atoms with Crippen molar-refractivity contribution in [2.75, 3.05) is 12.1 Å². The third kappa shape index (κ3) is 3.95. The highest BCUT2D eigenvalue weighted by molar-refractivity contribution is 5.93. The van der Waals surface area contributed by atoms with Crippen molar-refractivity contribution in [2.45, 2.75) is 63.8 Å². The van der Waals surface area contributed by atoms with E-state index >= 15 is 0 Å². The summed E-state index contributed by atoms with van der Waals surface area (Å²) in [5, 5.41) is 17.5. The first-order valence-corrected chi connectivity index (χ1v) is 10.8. The summed E-state index contributed by atoms with van der Waals surface area (Å²) < 4.78 is 16.8. The average Bonchev–Trinajstić information content (AvgIpc) is 3.41. The van der Waals surface area contributed by atoms with Crippen LogP contribution in [-0.2, 0) is 11.2 Å². The number of hydrogen-bond acceptors (Lipinski definition) is 6. The summed E-state index contributed by atoms with van der Waals surface area (Å²) in [6.45, 7) is 5.96. The number of fused-ring (bicyclic) bond motifs is 2. The molecule has 0 spiro atoms. The van der Waals surface area contributed by atoms with Crippen molar-refractivity contribution in [3.63, 3.8) is 0 Å². The Morgan fingerprint density at radius 1 is 1.13 bits per heavy atom. The van der Waals surface area contributed by atoms with Gasteiger partial charge in [0, 0.05) is 17.3 Å². The maximum atomic E-state index is 12.8. The molecule has 2 aromatic carbocycles. The van der Waals surface area contributed by atoms with Crippen molar-refractivity contribution in [1.82, 2.24) is 5.32 Å². The van der Waals surface area contributed by atoms with E-state index in [9.17, 15) is 9.90 Å². The SMILES string of the molecule is Cc1cc2c(cc1NC(=O)Cc1ccc3c(c1)OCO3)[C@H](NC1CC1)[C@@H](O)C(C)(C)O2. The molecule has 5 rings (SSSR count). The molecule has 1 fully saturated rings. The monoisotopic (exact) mass is 424 g/mol. The van der Waals surface area contributed by atoms with Gasteiger partial charge < -0.3 is 30.0 Å². The Hall–Kier alpha value is -2.77. The predicted octanol–water partition coefficient (Wildman–Crippen LogP) is 3.23. The number of hydrogen-bond donors (Lipinski definition) is 3. The number of aliphatic hydroxyl groups excluding tert-OH is 1. The Morgan fingerprint density at radius 2 is 1.90 bits per heavy atom. The highest BCUT2D eigenvalue weighted by Gasteiger charge is 2.44. The standard InChI is InChI=1S/C24H28N2O5/c1-13-8-19-16(22(25-15-5-6-15)23(28)24(2,3)31-19)11-17(13)26-21(27)10-14-4-7-18-20(9-14)30-12-29-18/h4,7-9,11,15,22-23,25,28H,5-6,10,12H2,1-3H3,(H,26,27)/t22-,23+/m0/s1. The third-order valence-electron chi connectivity index (χ3n) is 6.16. The van der Waals surface area contributed by atoms with Crippen molar-refractivity contribution >= 4 is 11.6 Å². The summed E-state index contributed by atoms with van der Waals surface area (Å²) in [4.78, 5) is 12.8. The molecule has 31 heavy (non-hydrogen) atoms. The van der Waals surface area contributed by atoms with E-state index in [0.29, 0.717) is 17.5 Å². The first-order valence-electron chi connectivity index (χ1n) is 10.8. The number of carbonyl (C=O) groups is 1. The van der Waals surface area contributed by atoms with Crippen molar-refractivity contribution in [3.05, 3.63) is 47.0 Å². The highest BCUT2D eigenvalue weighted by atomic mass is 16.7. The summed E-state index contributed by atoms with van der Waals surface area (Å²) >= 11 is 0. The molecule has 3 aliphatic rings. The first-order chi connectivity index (χ1) is 14.8. The molecule has 1 saturated carbocycles. The van der Waals surface area contributed by atoms with Crippen molar-refractivity contribution < 1.29 is 24.1 Å². The molecule has 0 bridgehead atoms. The lowest BCUT2D eigenvalue weighted by atomic mass is 9.85. The molecular formula is C24H28N2O5. The topological polar surface area (TPSA) is 89.1 Å². The normalized spacial score (nSPS) is 23.1. The molecule has 1 amide bonds. The zero-order chi connectivity index (χ0) is 21.8. The van der Waals surface area contributed by atoms with E-state index in [2.05, 4.69) is 10.6 Å². The second-order valence-electron chi connectivity index (χ2n) is 9.19. The smallest absolute Gasteiger partial charge is 0.231 e.